The standard InChI is InChI=1S/C32H39N3O3/c1-2-22-14-16-33(17-15-22)29(36)21-34-18-19-35-28-20-24(32(37)38)12-13-25(28)30(23-8-4-3-5-9-23)31(35)26-10-6-7-11-27(26)34/h6-7,10-13,20,22-23H,2-5,8-9,14-19,21H2,1H3,(H,37,38). The predicted molar refractivity (Wildman–Crippen MR) is 152 cm³/mol. The molecule has 0 spiro atoms. The molecule has 0 radical (unpaired) electrons. The molecule has 1 aromatic heterocycles. The fraction of sp³-hybridized carbons (Fsp3) is 0.500. The fourth-order valence-corrected chi connectivity index (χ4v) is 7.15. The van der Waals surface area contributed by atoms with Crippen molar-refractivity contribution in [3.05, 3.63) is 53.6 Å². The van der Waals surface area contributed by atoms with Crippen LogP contribution in [0.5, 0.6) is 0 Å². The lowest BCUT2D eigenvalue weighted by Gasteiger charge is -2.34. The SMILES string of the molecule is CCC1CCN(C(=O)CN2CCn3c(c(C4CCCCC4)c4ccc(C(=O)O)cc43)-c3ccccc32)CC1. The molecule has 6 heteroatoms. The highest BCUT2D eigenvalue weighted by molar-refractivity contribution is 6.00. The molecule has 1 aliphatic carbocycles. The van der Waals surface area contributed by atoms with E-state index < -0.39 is 5.97 Å². The lowest BCUT2D eigenvalue weighted by Crippen LogP contribution is -2.44. The van der Waals surface area contributed by atoms with Crippen LogP contribution in [0.15, 0.2) is 42.5 Å². The number of nitrogens with zero attached hydrogens (tertiary/aromatic N) is 3. The number of carbonyl (C=O) groups excluding carboxylic acids is 1. The van der Waals surface area contributed by atoms with Gasteiger partial charge in [-0.15, -0.1) is 0 Å². The Labute approximate surface area is 225 Å². The third kappa shape index (κ3) is 4.48. The first kappa shape index (κ1) is 25.0. The summed E-state index contributed by atoms with van der Waals surface area (Å²) in [6.07, 6.45) is 9.51. The van der Waals surface area contributed by atoms with Gasteiger partial charge < -0.3 is 19.5 Å². The minimum atomic E-state index is -0.894. The van der Waals surface area contributed by atoms with Gasteiger partial charge >= 0.3 is 5.97 Å². The second kappa shape index (κ2) is 10.5. The van der Waals surface area contributed by atoms with Crippen LogP contribution >= 0.6 is 0 Å². The molecule has 1 saturated carbocycles. The summed E-state index contributed by atoms with van der Waals surface area (Å²) in [6.45, 7) is 5.79. The normalized spacial score (nSPS) is 18.8. The maximum Gasteiger partial charge on any atom is 0.335 e. The van der Waals surface area contributed by atoms with Crippen LogP contribution in [0.4, 0.5) is 5.69 Å². The van der Waals surface area contributed by atoms with Gasteiger partial charge in [-0.1, -0.05) is 56.9 Å². The maximum absolute atomic E-state index is 13.5. The van der Waals surface area contributed by atoms with Gasteiger partial charge in [0, 0.05) is 48.3 Å². The molecule has 3 heterocycles. The Bertz CT molecular complexity index is 1350. The van der Waals surface area contributed by atoms with Gasteiger partial charge in [-0.3, -0.25) is 4.79 Å². The molecule has 2 fully saturated rings. The molecule has 0 bridgehead atoms. The second-order valence-electron chi connectivity index (χ2n) is 11.5. The van der Waals surface area contributed by atoms with Gasteiger partial charge in [0.2, 0.25) is 5.91 Å². The number of amides is 1. The molecule has 38 heavy (non-hydrogen) atoms. The first-order chi connectivity index (χ1) is 18.5. The number of benzene rings is 2. The average molecular weight is 514 g/mol. The molecule has 1 amide bonds. The van der Waals surface area contributed by atoms with Crippen molar-refractivity contribution in [2.24, 2.45) is 5.92 Å². The summed E-state index contributed by atoms with van der Waals surface area (Å²) in [5.74, 6) is 0.534. The number of aromatic carboxylic acids is 1. The van der Waals surface area contributed by atoms with E-state index in [2.05, 4.69) is 45.6 Å². The number of fused-ring (bicyclic) bond motifs is 5. The Morgan fingerprint density at radius 3 is 2.42 bits per heavy atom. The number of hydrogen-bond donors (Lipinski definition) is 1. The molecule has 0 unspecified atom stereocenters. The van der Waals surface area contributed by atoms with E-state index in [1.165, 1.54) is 55.2 Å². The Morgan fingerprint density at radius 1 is 0.921 bits per heavy atom. The number of para-hydroxylation sites is 1. The van der Waals surface area contributed by atoms with Crippen LogP contribution in [-0.4, -0.2) is 52.6 Å². The van der Waals surface area contributed by atoms with Gasteiger partial charge in [0.05, 0.1) is 17.8 Å². The van der Waals surface area contributed by atoms with Crippen LogP contribution in [0.3, 0.4) is 0 Å². The zero-order valence-electron chi connectivity index (χ0n) is 22.5. The van der Waals surface area contributed by atoms with Crippen molar-refractivity contribution < 1.29 is 14.7 Å². The number of carbonyl (C=O) groups is 2. The van der Waals surface area contributed by atoms with Crippen molar-refractivity contribution in [1.29, 1.82) is 0 Å². The highest BCUT2D eigenvalue weighted by atomic mass is 16.4. The maximum atomic E-state index is 13.5. The zero-order valence-corrected chi connectivity index (χ0v) is 22.5. The molecule has 3 aromatic rings. The van der Waals surface area contributed by atoms with Crippen LogP contribution in [0, 0.1) is 5.92 Å². The monoisotopic (exact) mass is 513 g/mol. The van der Waals surface area contributed by atoms with Gasteiger partial charge in [-0.2, -0.15) is 0 Å². The molecule has 6 nitrogen and oxygen atoms in total. The molecule has 2 aliphatic heterocycles. The van der Waals surface area contributed by atoms with Crippen molar-refractivity contribution in [2.75, 3.05) is 31.1 Å². The predicted octanol–water partition coefficient (Wildman–Crippen LogP) is 6.52. The summed E-state index contributed by atoms with van der Waals surface area (Å²) in [7, 11) is 0. The first-order valence-electron chi connectivity index (χ1n) is 14.6. The minimum Gasteiger partial charge on any atom is -0.478 e. The number of carboxylic acid groups (broad SMARTS) is 1. The number of anilines is 1. The van der Waals surface area contributed by atoms with Crippen molar-refractivity contribution in [3.8, 4) is 11.3 Å². The topological polar surface area (TPSA) is 65.8 Å². The second-order valence-corrected chi connectivity index (χ2v) is 11.5. The number of rotatable bonds is 5. The van der Waals surface area contributed by atoms with E-state index in [4.69, 9.17) is 0 Å². The van der Waals surface area contributed by atoms with Crippen LogP contribution in [0.25, 0.3) is 22.2 Å². The van der Waals surface area contributed by atoms with Crippen LogP contribution < -0.4 is 4.90 Å². The van der Waals surface area contributed by atoms with E-state index in [0.29, 0.717) is 24.6 Å². The van der Waals surface area contributed by atoms with E-state index in [-0.39, 0.29) is 5.91 Å². The molecule has 6 rings (SSSR count). The number of likely N-dealkylation sites (tertiary alicyclic amines) is 1. The summed E-state index contributed by atoms with van der Waals surface area (Å²) < 4.78 is 2.35. The summed E-state index contributed by atoms with van der Waals surface area (Å²) in [5.41, 5.74) is 6.21. The molecule has 200 valence electrons. The number of hydrogen-bond acceptors (Lipinski definition) is 3. The van der Waals surface area contributed by atoms with E-state index in [1.54, 1.807) is 6.07 Å². The lowest BCUT2D eigenvalue weighted by atomic mass is 9.81. The highest BCUT2D eigenvalue weighted by Crippen LogP contribution is 2.47. The number of piperidine rings is 1. The number of carboxylic acids is 1. The van der Waals surface area contributed by atoms with Gasteiger partial charge in [-0.05, 0) is 61.3 Å². The minimum absolute atomic E-state index is 0.214. The Morgan fingerprint density at radius 2 is 1.68 bits per heavy atom. The molecule has 3 aliphatic rings. The lowest BCUT2D eigenvalue weighted by molar-refractivity contribution is -0.131. The molecular weight excluding hydrogens is 474 g/mol. The largest absolute Gasteiger partial charge is 0.478 e. The Balaban J connectivity index is 1.41. The average Bonchev–Trinajstić information content (AvgIpc) is 3.20. The van der Waals surface area contributed by atoms with Gasteiger partial charge in [0.1, 0.15) is 0 Å². The quantitative estimate of drug-likeness (QED) is 0.422. The number of aromatic nitrogens is 1. The van der Waals surface area contributed by atoms with Crippen molar-refractivity contribution in [1.82, 2.24) is 9.47 Å². The van der Waals surface area contributed by atoms with Gasteiger partial charge in [0.15, 0.2) is 0 Å². The fourth-order valence-electron chi connectivity index (χ4n) is 7.15. The van der Waals surface area contributed by atoms with Crippen molar-refractivity contribution in [3.63, 3.8) is 0 Å². The molecule has 2 aromatic carbocycles. The van der Waals surface area contributed by atoms with E-state index >= 15 is 0 Å². The van der Waals surface area contributed by atoms with Gasteiger partial charge in [-0.25, -0.2) is 4.79 Å². The Hall–Kier alpha value is -3.28. The summed E-state index contributed by atoms with van der Waals surface area (Å²) in [4.78, 5) is 29.7. The molecule has 1 saturated heterocycles. The van der Waals surface area contributed by atoms with Crippen molar-refractivity contribution >= 4 is 28.5 Å². The van der Waals surface area contributed by atoms with E-state index in [0.717, 1.165) is 55.2 Å². The van der Waals surface area contributed by atoms with Crippen molar-refractivity contribution in [2.45, 2.75) is 70.8 Å². The zero-order chi connectivity index (χ0) is 26.2. The van der Waals surface area contributed by atoms with E-state index in [9.17, 15) is 14.7 Å². The molecular formula is C32H39N3O3. The summed E-state index contributed by atoms with van der Waals surface area (Å²) in [5, 5.41) is 10.9. The summed E-state index contributed by atoms with van der Waals surface area (Å²) >= 11 is 0. The van der Waals surface area contributed by atoms with E-state index in [1.807, 2.05) is 12.1 Å². The smallest absolute Gasteiger partial charge is 0.335 e. The van der Waals surface area contributed by atoms with Crippen LogP contribution in [0.2, 0.25) is 0 Å². The highest BCUT2D eigenvalue weighted by Gasteiger charge is 2.32. The third-order valence-corrected chi connectivity index (χ3v) is 9.33. The molecule has 1 N–H and O–H groups in total. The molecule has 0 atom stereocenters. The van der Waals surface area contributed by atoms with Crippen LogP contribution in [-0.2, 0) is 11.3 Å². The third-order valence-electron chi connectivity index (χ3n) is 9.33. The van der Waals surface area contributed by atoms with Gasteiger partial charge in [0.25, 0.3) is 0 Å². The summed E-state index contributed by atoms with van der Waals surface area (Å²) in [6, 6.07) is 14.2. The first-order valence-corrected chi connectivity index (χ1v) is 14.6. The van der Waals surface area contributed by atoms with Crippen LogP contribution in [0.1, 0.15) is 80.1 Å². The Kier molecular flexibility index (Phi) is 6.89.